The largest absolute Gasteiger partial charge is 0.489 e. The summed E-state index contributed by atoms with van der Waals surface area (Å²) in [6, 6.07) is 17.5. The third-order valence-corrected chi connectivity index (χ3v) is 13.1. The maximum atomic E-state index is 14.8. The Hall–Kier alpha value is -5.41. The molecule has 0 radical (unpaired) electrons. The average molecular weight is 896 g/mol. The number of unbranched alkanes of at least 4 members (excludes halogenated alkanes) is 2. The fourth-order valence-electron chi connectivity index (χ4n) is 10.1. The summed E-state index contributed by atoms with van der Waals surface area (Å²) in [7, 11) is 0. The third kappa shape index (κ3) is 11.0. The number of non-ortho nitro benzene ring substituents is 1. The smallest absolute Gasteiger partial charge is 0.269 e. The molecule has 1 saturated carbocycles. The number of nitro benzene ring substituents is 1. The lowest BCUT2D eigenvalue weighted by Crippen LogP contribution is -2.70. The first kappa shape index (κ1) is 47.5. The van der Waals surface area contributed by atoms with Crippen LogP contribution in [0.2, 0.25) is 0 Å². The second kappa shape index (κ2) is 22.7. The SMILES string of the molecule is C=CCO[C@@]12Oc3ccc(OCc4ccccc4F)cc3[C@H]3[C@H](CCCCO)[C@@H](CCCCO)C=C(C(=NOC4CCCCO4)C[C@@H]1N(CCC)C(=O)C=Cc1ccc([N+](=O)[O-])cc1)[C@H]32. The van der Waals surface area contributed by atoms with Crippen LogP contribution in [0.4, 0.5) is 10.1 Å². The van der Waals surface area contributed by atoms with E-state index >= 15 is 0 Å². The Balaban J connectivity index is 1.40. The number of ether oxygens (including phenoxy) is 4. The van der Waals surface area contributed by atoms with Crippen LogP contribution in [0.25, 0.3) is 6.08 Å². The van der Waals surface area contributed by atoms with Crippen molar-refractivity contribution in [3.8, 4) is 11.5 Å². The van der Waals surface area contributed by atoms with Crippen LogP contribution < -0.4 is 9.47 Å². The molecule has 348 valence electrons. The van der Waals surface area contributed by atoms with Crippen molar-refractivity contribution in [3.05, 3.63) is 130 Å². The number of hydrogen-bond donors (Lipinski definition) is 2. The number of rotatable bonds is 22. The van der Waals surface area contributed by atoms with Gasteiger partial charge in [-0.3, -0.25) is 14.9 Å². The maximum absolute atomic E-state index is 14.8. The summed E-state index contributed by atoms with van der Waals surface area (Å²) in [5, 5.41) is 36.2. The van der Waals surface area contributed by atoms with Crippen molar-refractivity contribution >= 4 is 23.4 Å². The van der Waals surface area contributed by atoms with E-state index in [1.165, 1.54) is 24.3 Å². The molecular weight excluding hydrogens is 834 g/mol. The molecule has 1 saturated heterocycles. The maximum Gasteiger partial charge on any atom is 0.269 e. The van der Waals surface area contributed by atoms with Gasteiger partial charge in [-0.05, 0) is 110 Å². The van der Waals surface area contributed by atoms with Crippen molar-refractivity contribution in [1.29, 1.82) is 0 Å². The van der Waals surface area contributed by atoms with Crippen LogP contribution in [-0.4, -0.2) is 82.7 Å². The molecule has 2 N–H and O–H groups in total. The molecule has 1 amide bonds. The van der Waals surface area contributed by atoms with E-state index in [0.29, 0.717) is 67.2 Å². The van der Waals surface area contributed by atoms with Crippen molar-refractivity contribution in [3.63, 3.8) is 0 Å². The molecule has 14 heteroatoms. The zero-order valence-electron chi connectivity index (χ0n) is 37.2. The van der Waals surface area contributed by atoms with Gasteiger partial charge in [-0.15, -0.1) is 6.58 Å². The van der Waals surface area contributed by atoms with E-state index < -0.39 is 29.0 Å². The standard InChI is InChI=1S/C51H62FN3O10/c1-3-26-54(47(58)25-20-35-18-21-38(22-19-35)55(59)60)46-33-44(53-65-48-17-9-12-30-61-48)41-31-36(13-7-10-27-56)40(15-8-11-28-57)49-42-32-39(62-34-37-14-5-6-16-43(37)52)23-24-45(42)64-51(46,50(41)49)63-29-4-2/h4-6,14,16,18-25,31-32,36,40,46,48-50,56-57H,2-3,7-13,15,17,26-30,33-34H2,1H3/t36-,40+,46-,48?,49+,50+,51+/m0/s1. The molecular formula is C51H62FN3O10. The second-order valence-electron chi connectivity index (χ2n) is 17.3. The Bertz CT molecular complexity index is 2190. The number of allylic oxidation sites excluding steroid dienone is 1. The lowest BCUT2D eigenvalue weighted by atomic mass is 9.55. The van der Waals surface area contributed by atoms with Gasteiger partial charge in [0.15, 0.2) is 0 Å². The fraction of sp³-hybridized carbons (Fsp3) is 0.490. The molecule has 2 heterocycles. The number of halogens is 1. The van der Waals surface area contributed by atoms with Crippen LogP contribution in [0.5, 0.6) is 11.5 Å². The normalized spacial score (nSPS) is 25.2. The minimum atomic E-state index is -1.47. The molecule has 0 aromatic heterocycles. The number of amides is 1. The summed E-state index contributed by atoms with van der Waals surface area (Å²) in [5.41, 5.74) is 3.43. The number of nitrogens with zero attached hydrogens (tertiary/aromatic N) is 3. The Morgan fingerprint density at radius 1 is 1.06 bits per heavy atom. The topological polar surface area (TPSA) is 162 Å². The van der Waals surface area contributed by atoms with Crippen molar-refractivity contribution in [2.75, 3.05) is 33.0 Å². The number of aliphatic hydroxyl groups is 2. The summed E-state index contributed by atoms with van der Waals surface area (Å²) in [6.07, 6.45) is 14.3. The molecule has 7 rings (SSSR count). The second-order valence-corrected chi connectivity index (χ2v) is 17.3. The van der Waals surface area contributed by atoms with Gasteiger partial charge in [-0.2, -0.15) is 0 Å². The van der Waals surface area contributed by atoms with E-state index in [9.17, 15) is 29.5 Å². The number of benzene rings is 3. The Morgan fingerprint density at radius 3 is 2.55 bits per heavy atom. The molecule has 0 spiro atoms. The van der Waals surface area contributed by atoms with Gasteiger partial charge in [-0.25, -0.2) is 4.39 Å². The summed E-state index contributed by atoms with van der Waals surface area (Å²) < 4.78 is 41.5. The monoisotopic (exact) mass is 895 g/mol. The molecule has 1 unspecified atom stereocenters. The molecule has 3 aromatic rings. The minimum Gasteiger partial charge on any atom is -0.489 e. The van der Waals surface area contributed by atoms with Crippen LogP contribution in [0.15, 0.2) is 102 Å². The molecule has 3 aromatic carbocycles. The average Bonchev–Trinajstić information content (AvgIpc) is 3.32. The number of fused-ring (bicyclic) bond motifs is 2. The number of aliphatic hydroxyl groups excluding tert-OH is 2. The van der Waals surface area contributed by atoms with E-state index in [1.54, 1.807) is 47.4 Å². The van der Waals surface area contributed by atoms with E-state index in [0.717, 1.165) is 49.7 Å². The van der Waals surface area contributed by atoms with Crippen LogP contribution in [-0.2, 0) is 25.7 Å². The summed E-state index contributed by atoms with van der Waals surface area (Å²) in [4.78, 5) is 33.7. The van der Waals surface area contributed by atoms with Crippen molar-refractivity contribution in [2.24, 2.45) is 22.9 Å². The van der Waals surface area contributed by atoms with Gasteiger partial charge in [0.25, 0.3) is 5.69 Å². The Labute approximate surface area is 380 Å². The number of oxime groups is 1. The molecule has 2 aliphatic heterocycles. The predicted molar refractivity (Wildman–Crippen MR) is 244 cm³/mol. The molecule has 13 nitrogen and oxygen atoms in total. The van der Waals surface area contributed by atoms with Gasteiger partial charge in [-0.1, -0.05) is 55.3 Å². The first-order chi connectivity index (χ1) is 31.7. The molecule has 2 aliphatic carbocycles. The summed E-state index contributed by atoms with van der Waals surface area (Å²) in [6.45, 7) is 7.18. The molecule has 65 heavy (non-hydrogen) atoms. The van der Waals surface area contributed by atoms with Crippen molar-refractivity contribution < 1.29 is 48.1 Å². The van der Waals surface area contributed by atoms with Crippen LogP contribution in [0.1, 0.15) is 100 Å². The van der Waals surface area contributed by atoms with E-state index in [1.807, 2.05) is 25.1 Å². The number of nitro groups is 1. The molecule has 7 atom stereocenters. The predicted octanol–water partition coefficient (Wildman–Crippen LogP) is 9.43. The van der Waals surface area contributed by atoms with Gasteiger partial charge < -0.3 is 38.9 Å². The highest BCUT2D eigenvalue weighted by Crippen LogP contribution is 2.62. The van der Waals surface area contributed by atoms with Crippen molar-refractivity contribution in [1.82, 2.24) is 4.90 Å². The molecule has 4 aliphatic rings. The van der Waals surface area contributed by atoms with Crippen LogP contribution >= 0.6 is 0 Å². The zero-order chi connectivity index (χ0) is 45.8. The highest BCUT2D eigenvalue weighted by atomic mass is 19.1. The highest BCUT2D eigenvalue weighted by Gasteiger charge is 2.65. The lowest BCUT2D eigenvalue weighted by molar-refractivity contribution is -0.384. The fourth-order valence-corrected chi connectivity index (χ4v) is 10.1. The van der Waals surface area contributed by atoms with Gasteiger partial charge in [0.1, 0.15) is 30.0 Å². The van der Waals surface area contributed by atoms with E-state index in [4.69, 9.17) is 28.9 Å². The van der Waals surface area contributed by atoms with Crippen LogP contribution in [0.3, 0.4) is 0 Å². The van der Waals surface area contributed by atoms with E-state index in [-0.39, 0.29) is 68.0 Å². The first-order valence-corrected chi connectivity index (χ1v) is 23.2. The minimum absolute atomic E-state index is 0.00915. The quantitative estimate of drug-likeness (QED) is 0.0327. The number of hydrogen-bond acceptors (Lipinski definition) is 11. The van der Waals surface area contributed by atoms with Crippen molar-refractivity contribution in [2.45, 2.75) is 108 Å². The first-order valence-electron chi connectivity index (χ1n) is 23.2. The third-order valence-electron chi connectivity index (χ3n) is 13.1. The summed E-state index contributed by atoms with van der Waals surface area (Å²) >= 11 is 0. The number of carbonyl (C=O) groups is 1. The van der Waals surface area contributed by atoms with Gasteiger partial charge in [0.2, 0.25) is 18.0 Å². The van der Waals surface area contributed by atoms with E-state index in [2.05, 4.69) is 12.7 Å². The molecule has 0 bridgehead atoms. The molecule has 2 fully saturated rings. The Kier molecular flexibility index (Phi) is 16.6. The zero-order valence-corrected chi connectivity index (χ0v) is 37.2. The van der Waals surface area contributed by atoms with Gasteiger partial charge in [0.05, 0.1) is 29.8 Å². The highest BCUT2D eigenvalue weighted by molar-refractivity contribution is 6.03. The lowest BCUT2D eigenvalue weighted by Gasteiger charge is -2.60. The summed E-state index contributed by atoms with van der Waals surface area (Å²) in [5.74, 6) is -1.84. The Morgan fingerprint density at radius 2 is 1.85 bits per heavy atom. The number of carbonyl (C=O) groups excluding carboxylic acids is 1. The van der Waals surface area contributed by atoms with Gasteiger partial charge >= 0.3 is 0 Å². The van der Waals surface area contributed by atoms with Crippen LogP contribution in [0, 0.1) is 33.7 Å². The van der Waals surface area contributed by atoms with Gasteiger partial charge in [0, 0.05) is 67.9 Å².